The van der Waals surface area contributed by atoms with Crippen LogP contribution in [0.15, 0.2) is 12.1 Å². The summed E-state index contributed by atoms with van der Waals surface area (Å²) in [5.74, 6) is -2.21. The number of ether oxygens (including phenoxy) is 2. The van der Waals surface area contributed by atoms with E-state index in [9.17, 15) is 14.0 Å². The summed E-state index contributed by atoms with van der Waals surface area (Å²) in [6, 6.07) is 2.60. The van der Waals surface area contributed by atoms with E-state index in [4.69, 9.17) is 10.5 Å². The smallest absolute Gasteiger partial charge is 0.347 e. The van der Waals surface area contributed by atoms with Gasteiger partial charge in [-0.2, -0.15) is 0 Å². The van der Waals surface area contributed by atoms with Crippen LogP contribution >= 0.6 is 0 Å². The number of rotatable bonds is 2. The zero-order chi connectivity index (χ0) is 13.3. The van der Waals surface area contributed by atoms with Crippen LogP contribution in [0.25, 0.3) is 0 Å². The first kappa shape index (κ1) is 12.3. The number of halogens is 1. The molecule has 2 N–H and O–H groups in total. The number of nitrogen functional groups attached to an aromatic ring is 1. The minimum absolute atomic E-state index is 0.204. The number of hydrogen-bond acceptors (Lipinski definition) is 5. The summed E-state index contributed by atoms with van der Waals surface area (Å²) in [6.07, 6.45) is -0.674. The number of aryl methyl sites for hydroxylation is 1. The van der Waals surface area contributed by atoms with E-state index in [1.54, 1.807) is 0 Å². The van der Waals surface area contributed by atoms with Gasteiger partial charge in [0.05, 0.1) is 12.2 Å². The topological polar surface area (TPSA) is 78.6 Å². The molecule has 1 aromatic rings. The van der Waals surface area contributed by atoms with E-state index in [-0.39, 0.29) is 29.8 Å². The first-order valence-corrected chi connectivity index (χ1v) is 5.42. The minimum Gasteiger partial charge on any atom is -0.463 e. The maximum atomic E-state index is 13.7. The SMILES string of the molecule is Cc1cc(N)cc(C(=O)OC2CCOC2=O)c1F. The highest BCUT2D eigenvalue weighted by molar-refractivity contribution is 5.93. The first-order chi connectivity index (χ1) is 8.49. The Balaban J connectivity index is 2.21. The Kier molecular flexibility index (Phi) is 3.18. The van der Waals surface area contributed by atoms with Gasteiger partial charge in [0.1, 0.15) is 5.82 Å². The summed E-state index contributed by atoms with van der Waals surface area (Å²) in [6.45, 7) is 1.70. The van der Waals surface area contributed by atoms with Crippen LogP contribution in [0.1, 0.15) is 22.3 Å². The van der Waals surface area contributed by atoms with E-state index in [1.165, 1.54) is 19.1 Å². The Bertz CT molecular complexity index is 515. The van der Waals surface area contributed by atoms with Gasteiger partial charge in [-0.15, -0.1) is 0 Å². The molecule has 0 spiro atoms. The van der Waals surface area contributed by atoms with E-state index in [0.717, 1.165) is 0 Å². The summed E-state index contributed by atoms with van der Waals surface area (Å²) in [4.78, 5) is 22.9. The molecule has 0 aliphatic carbocycles. The summed E-state index contributed by atoms with van der Waals surface area (Å²) in [5, 5.41) is 0. The van der Waals surface area contributed by atoms with Crippen molar-refractivity contribution < 1.29 is 23.5 Å². The number of benzene rings is 1. The van der Waals surface area contributed by atoms with Gasteiger partial charge < -0.3 is 15.2 Å². The summed E-state index contributed by atoms with van der Waals surface area (Å²) < 4.78 is 23.3. The van der Waals surface area contributed by atoms with Gasteiger partial charge in [0, 0.05) is 12.1 Å². The third-order valence-corrected chi connectivity index (χ3v) is 2.63. The molecule has 0 bridgehead atoms. The molecule has 0 saturated carbocycles. The fourth-order valence-corrected chi connectivity index (χ4v) is 1.72. The third kappa shape index (κ3) is 2.27. The molecule has 0 radical (unpaired) electrons. The van der Waals surface area contributed by atoms with Crippen molar-refractivity contribution in [2.45, 2.75) is 19.4 Å². The van der Waals surface area contributed by atoms with E-state index >= 15 is 0 Å². The second-order valence-electron chi connectivity index (χ2n) is 4.05. The van der Waals surface area contributed by atoms with Crippen molar-refractivity contribution in [3.63, 3.8) is 0 Å². The Labute approximate surface area is 103 Å². The maximum Gasteiger partial charge on any atom is 0.347 e. The van der Waals surface area contributed by atoms with Gasteiger partial charge in [0.25, 0.3) is 0 Å². The van der Waals surface area contributed by atoms with Crippen LogP contribution in [0.2, 0.25) is 0 Å². The van der Waals surface area contributed by atoms with Crippen molar-refractivity contribution in [2.24, 2.45) is 0 Å². The average Bonchev–Trinajstić information content (AvgIpc) is 2.69. The first-order valence-electron chi connectivity index (χ1n) is 5.42. The fourth-order valence-electron chi connectivity index (χ4n) is 1.72. The molecule has 1 fully saturated rings. The summed E-state index contributed by atoms with van der Waals surface area (Å²) in [5.41, 5.74) is 5.77. The highest BCUT2D eigenvalue weighted by Gasteiger charge is 2.31. The molecule has 1 saturated heterocycles. The number of esters is 2. The predicted octanol–water partition coefficient (Wildman–Crippen LogP) is 1.19. The Hall–Kier alpha value is -2.11. The maximum absolute atomic E-state index is 13.7. The molecular formula is C12H12FNO4. The predicted molar refractivity (Wildman–Crippen MR) is 60.3 cm³/mol. The van der Waals surface area contributed by atoms with Gasteiger partial charge in [-0.25, -0.2) is 14.0 Å². The molecule has 1 aliphatic rings. The highest BCUT2D eigenvalue weighted by atomic mass is 19.1. The molecule has 18 heavy (non-hydrogen) atoms. The van der Waals surface area contributed by atoms with Crippen molar-refractivity contribution in [2.75, 3.05) is 12.3 Å². The van der Waals surface area contributed by atoms with Gasteiger partial charge in [-0.1, -0.05) is 0 Å². The monoisotopic (exact) mass is 253 g/mol. The molecular weight excluding hydrogens is 241 g/mol. The van der Waals surface area contributed by atoms with E-state index in [2.05, 4.69) is 4.74 Å². The molecule has 6 heteroatoms. The van der Waals surface area contributed by atoms with Gasteiger partial charge >= 0.3 is 11.9 Å². The van der Waals surface area contributed by atoms with Crippen molar-refractivity contribution in [1.29, 1.82) is 0 Å². The van der Waals surface area contributed by atoms with Gasteiger partial charge in [-0.3, -0.25) is 0 Å². The second kappa shape index (κ2) is 4.64. The van der Waals surface area contributed by atoms with Crippen molar-refractivity contribution >= 4 is 17.6 Å². The lowest BCUT2D eigenvalue weighted by molar-refractivity contribution is -0.145. The molecule has 1 unspecified atom stereocenters. The van der Waals surface area contributed by atoms with Crippen LogP contribution in [-0.2, 0) is 14.3 Å². The van der Waals surface area contributed by atoms with Crippen LogP contribution in [0.3, 0.4) is 0 Å². The zero-order valence-electron chi connectivity index (χ0n) is 9.73. The fraction of sp³-hybridized carbons (Fsp3) is 0.333. The standard InChI is InChI=1S/C12H12FNO4/c1-6-4-7(14)5-8(10(6)13)11(15)18-9-2-3-17-12(9)16/h4-5,9H,2-3,14H2,1H3. The van der Waals surface area contributed by atoms with Gasteiger partial charge in [-0.05, 0) is 24.6 Å². The average molecular weight is 253 g/mol. The number of nitrogens with two attached hydrogens (primary N) is 1. The van der Waals surface area contributed by atoms with Crippen LogP contribution in [-0.4, -0.2) is 24.6 Å². The molecule has 1 aromatic carbocycles. The highest BCUT2D eigenvalue weighted by Crippen LogP contribution is 2.20. The molecule has 0 aromatic heterocycles. The normalized spacial score (nSPS) is 18.6. The molecule has 96 valence electrons. The minimum atomic E-state index is -0.960. The molecule has 0 amide bonds. The number of cyclic esters (lactones) is 1. The van der Waals surface area contributed by atoms with E-state index in [1.807, 2.05) is 0 Å². The van der Waals surface area contributed by atoms with Crippen LogP contribution in [0, 0.1) is 12.7 Å². The molecule has 2 rings (SSSR count). The molecule has 1 aliphatic heterocycles. The summed E-state index contributed by atoms with van der Waals surface area (Å²) >= 11 is 0. The van der Waals surface area contributed by atoms with Gasteiger partial charge in [0.2, 0.25) is 6.10 Å². The lowest BCUT2D eigenvalue weighted by atomic mass is 10.1. The van der Waals surface area contributed by atoms with Crippen LogP contribution in [0.4, 0.5) is 10.1 Å². The Morgan fingerprint density at radius 1 is 1.56 bits per heavy atom. The van der Waals surface area contributed by atoms with Crippen molar-refractivity contribution in [3.8, 4) is 0 Å². The van der Waals surface area contributed by atoms with Crippen LogP contribution in [0.5, 0.6) is 0 Å². The van der Waals surface area contributed by atoms with Crippen molar-refractivity contribution in [3.05, 3.63) is 29.1 Å². The zero-order valence-corrected chi connectivity index (χ0v) is 9.73. The van der Waals surface area contributed by atoms with Gasteiger partial charge in [0.15, 0.2) is 0 Å². The summed E-state index contributed by atoms with van der Waals surface area (Å²) in [7, 11) is 0. The molecule has 1 atom stereocenters. The number of hydrogen-bond donors (Lipinski definition) is 1. The lowest BCUT2D eigenvalue weighted by Crippen LogP contribution is -2.23. The lowest BCUT2D eigenvalue weighted by Gasteiger charge is -2.10. The van der Waals surface area contributed by atoms with E-state index in [0.29, 0.717) is 0 Å². The van der Waals surface area contributed by atoms with E-state index < -0.39 is 23.9 Å². The Morgan fingerprint density at radius 3 is 2.89 bits per heavy atom. The third-order valence-electron chi connectivity index (χ3n) is 2.63. The molecule has 5 nitrogen and oxygen atoms in total. The number of carbonyl (C=O) groups is 2. The van der Waals surface area contributed by atoms with Crippen LogP contribution < -0.4 is 5.73 Å². The molecule has 1 heterocycles. The quantitative estimate of drug-likeness (QED) is 0.632. The second-order valence-corrected chi connectivity index (χ2v) is 4.05. The largest absolute Gasteiger partial charge is 0.463 e. The number of carbonyl (C=O) groups excluding carboxylic acids is 2. The Morgan fingerprint density at radius 2 is 2.28 bits per heavy atom. The number of anilines is 1. The van der Waals surface area contributed by atoms with Crippen molar-refractivity contribution in [1.82, 2.24) is 0 Å².